The van der Waals surface area contributed by atoms with Crippen molar-refractivity contribution in [1.29, 1.82) is 0 Å². The van der Waals surface area contributed by atoms with Crippen molar-refractivity contribution in [3.63, 3.8) is 0 Å². The van der Waals surface area contributed by atoms with E-state index in [1.807, 2.05) is 0 Å². The monoisotopic (exact) mass is 213 g/mol. The van der Waals surface area contributed by atoms with Crippen LogP contribution >= 0.6 is 0 Å². The van der Waals surface area contributed by atoms with Crippen LogP contribution in [-0.4, -0.2) is 26.8 Å². The van der Waals surface area contributed by atoms with E-state index in [1.54, 1.807) is 0 Å². The van der Waals surface area contributed by atoms with Crippen LogP contribution < -0.4 is 0 Å². The van der Waals surface area contributed by atoms with Crippen molar-refractivity contribution in [2.75, 3.05) is 6.54 Å². The quantitative estimate of drug-likeness (QED) is 0.371. The fraction of sp³-hybridized carbons (Fsp3) is 0.667. The van der Waals surface area contributed by atoms with Gasteiger partial charge in [-0.1, -0.05) is 0 Å². The molecule has 0 aromatic rings. The molecule has 0 radical (unpaired) electrons. The molecule has 2 aliphatic rings. The van der Waals surface area contributed by atoms with Crippen LogP contribution in [0.15, 0.2) is 17.1 Å². The Morgan fingerprint density at radius 3 is 2.91 bits per heavy atom. The fourth-order valence-electron chi connectivity index (χ4n) is 2.26. The zero-order valence-electron chi connectivity index (χ0n) is 6.36. The Balaban J connectivity index is 1.98. The Kier molecular flexibility index (Phi) is 2.09. The molecule has 2 rings (SSSR count). The van der Waals surface area contributed by atoms with Gasteiger partial charge in [-0.15, -0.1) is 0 Å². The second kappa shape index (κ2) is 3.06. The third kappa shape index (κ3) is 1.39. The molecule has 0 N–H and O–H groups in total. The summed E-state index contributed by atoms with van der Waals surface area (Å²) in [6, 6.07) is 0. The summed E-state index contributed by atoms with van der Waals surface area (Å²) >= 11 is 2.68. The number of rotatable bonds is 2. The number of fused-ring (bicyclic) bond motifs is 2. The van der Waals surface area contributed by atoms with E-state index in [0.29, 0.717) is 0 Å². The van der Waals surface area contributed by atoms with E-state index in [-0.39, 0.29) is 0 Å². The molecule has 0 aromatic heterocycles. The van der Waals surface area contributed by atoms with Crippen LogP contribution in [0.25, 0.3) is 0 Å². The first-order valence-electron chi connectivity index (χ1n) is 4.12. The van der Waals surface area contributed by atoms with Crippen molar-refractivity contribution in [1.82, 2.24) is 0 Å². The standard InChI is InChI=1S/C9H11NSe/c11-6-10-5-9-4-7-1-2-8(9)3-7/h1-2,7-9H,3-5H2. The molecule has 1 fully saturated rings. The van der Waals surface area contributed by atoms with Gasteiger partial charge in [0.25, 0.3) is 0 Å². The molecular formula is C9H11NSe. The average molecular weight is 212 g/mol. The molecule has 0 saturated heterocycles. The molecule has 58 valence electrons. The second-order valence-electron chi connectivity index (χ2n) is 3.47. The van der Waals surface area contributed by atoms with Gasteiger partial charge >= 0.3 is 74.6 Å². The summed E-state index contributed by atoms with van der Waals surface area (Å²) in [6.07, 6.45) is 7.47. The molecule has 0 aromatic carbocycles. The van der Waals surface area contributed by atoms with Gasteiger partial charge in [-0.05, 0) is 0 Å². The van der Waals surface area contributed by atoms with Crippen molar-refractivity contribution >= 4 is 20.3 Å². The molecule has 3 atom stereocenters. The summed E-state index contributed by atoms with van der Waals surface area (Å²) in [5.41, 5.74) is 0. The van der Waals surface area contributed by atoms with Crippen molar-refractivity contribution in [3.8, 4) is 0 Å². The number of aliphatic imine (C=N–C) groups is 1. The Morgan fingerprint density at radius 2 is 2.36 bits per heavy atom. The Hall–Kier alpha value is -0.161. The van der Waals surface area contributed by atoms with E-state index in [9.17, 15) is 0 Å². The predicted molar refractivity (Wildman–Crippen MR) is 46.9 cm³/mol. The summed E-state index contributed by atoms with van der Waals surface area (Å²) in [5.74, 6) is 2.52. The van der Waals surface area contributed by atoms with Crippen molar-refractivity contribution in [2.24, 2.45) is 22.7 Å². The zero-order chi connectivity index (χ0) is 7.68. The molecule has 2 bridgehead atoms. The van der Waals surface area contributed by atoms with E-state index in [4.69, 9.17) is 0 Å². The van der Waals surface area contributed by atoms with E-state index < -0.39 is 0 Å². The van der Waals surface area contributed by atoms with Crippen molar-refractivity contribution < 1.29 is 0 Å². The summed E-state index contributed by atoms with van der Waals surface area (Å²) in [7, 11) is 0. The number of allylic oxidation sites excluding steroid dienone is 2. The van der Waals surface area contributed by atoms with Crippen LogP contribution in [0.5, 0.6) is 0 Å². The van der Waals surface area contributed by atoms with Gasteiger partial charge in [0, 0.05) is 0 Å². The Morgan fingerprint density at radius 1 is 1.45 bits per heavy atom. The van der Waals surface area contributed by atoms with Gasteiger partial charge in [-0.25, -0.2) is 0 Å². The minimum atomic E-state index is 0.811. The summed E-state index contributed by atoms with van der Waals surface area (Å²) in [6.45, 7) is 0.971. The van der Waals surface area contributed by atoms with Gasteiger partial charge in [-0.2, -0.15) is 0 Å². The van der Waals surface area contributed by atoms with Crippen molar-refractivity contribution in [3.05, 3.63) is 12.2 Å². The topological polar surface area (TPSA) is 12.4 Å². The zero-order valence-corrected chi connectivity index (χ0v) is 8.08. The van der Waals surface area contributed by atoms with E-state index >= 15 is 0 Å². The van der Waals surface area contributed by atoms with Crippen LogP contribution in [0.4, 0.5) is 0 Å². The molecular weight excluding hydrogens is 201 g/mol. The molecule has 0 spiro atoms. The van der Waals surface area contributed by atoms with Gasteiger partial charge < -0.3 is 0 Å². The van der Waals surface area contributed by atoms with Gasteiger partial charge in [-0.3, -0.25) is 0 Å². The molecule has 1 saturated carbocycles. The Labute approximate surface area is 75.0 Å². The van der Waals surface area contributed by atoms with Crippen LogP contribution in [0, 0.1) is 17.8 Å². The molecule has 0 aliphatic heterocycles. The predicted octanol–water partition coefficient (Wildman–Crippen LogP) is 1.27. The minimum absolute atomic E-state index is 0.811. The van der Waals surface area contributed by atoms with E-state index in [0.717, 1.165) is 24.3 Å². The van der Waals surface area contributed by atoms with Crippen LogP contribution in [0.3, 0.4) is 0 Å². The van der Waals surface area contributed by atoms with E-state index in [1.165, 1.54) is 12.8 Å². The maximum atomic E-state index is 4.13. The fourth-order valence-corrected chi connectivity index (χ4v) is 2.42. The van der Waals surface area contributed by atoms with Gasteiger partial charge in [0.05, 0.1) is 0 Å². The first kappa shape index (κ1) is 7.49. The third-order valence-corrected chi connectivity index (χ3v) is 3.08. The molecule has 0 heterocycles. The maximum absolute atomic E-state index is 4.13. The van der Waals surface area contributed by atoms with Gasteiger partial charge in [0.2, 0.25) is 0 Å². The van der Waals surface area contributed by atoms with Crippen LogP contribution in [-0.2, 0) is 0 Å². The summed E-state index contributed by atoms with van der Waals surface area (Å²) in [4.78, 5) is 4.13. The number of nitrogens with zero attached hydrogens (tertiary/aromatic N) is 1. The average Bonchev–Trinajstić information content (AvgIpc) is 2.60. The normalized spacial score (nSPS) is 39.1. The van der Waals surface area contributed by atoms with E-state index in [2.05, 4.69) is 37.4 Å². The molecule has 0 amide bonds. The number of hydrogen-bond donors (Lipinski definition) is 0. The summed E-state index contributed by atoms with van der Waals surface area (Å²) < 4.78 is 2.73. The molecule has 11 heavy (non-hydrogen) atoms. The summed E-state index contributed by atoms with van der Waals surface area (Å²) in [5, 5.41) is 0. The third-order valence-electron chi connectivity index (χ3n) is 2.81. The van der Waals surface area contributed by atoms with Gasteiger partial charge in [0.1, 0.15) is 0 Å². The molecule has 2 aliphatic carbocycles. The van der Waals surface area contributed by atoms with Crippen LogP contribution in [0.1, 0.15) is 12.8 Å². The molecule has 1 nitrogen and oxygen atoms in total. The second-order valence-corrected chi connectivity index (χ2v) is 3.86. The molecule has 3 unspecified atom stereocenters. The van der Waals surface area contributed by atoms with Gasteiger partial charge in [0.15, 0.2) is 0 Å². The van der Waals surface area contributed by atoms with Crippen LogP contribution in [0.2, 0.25) is 0 Å². The van der Waals surface area contributed by atoms with Crippen molar-refractivity contribution in [2.45, 2.75) is 12.8 Å². The Bertz CT molecular complexity index is 228. The SMILES string of the molecule is [Se]=C=NCC1CC2C=CC1C2. The molecule has 2 heteroatoms. The first-order valence-corrected chi connectivity index (χ1v) is 4.98. The number of hydrogen-bond acceptors (Lipinski definition) is 1. The first-order chi connectivity index (χ1) is 5.40.